The number of piperidine rings is 1. The van der Waals surface area contributed by atoms with Crippen LogP contribution in [0.4, 0.5) is 4.79 Å². The highest BCUT2D eigenvalue weighted by atomic mass is 35.5. The van der Waals surface area contributed by atoms with E-state index in [1.165, 1.54) is 0 Å². The van der Waals surface area contributed by atoms with Crippen molar-refractivity contribution in [3.8, 4) is 0 Å². The van der Waals surface area contributed by atoms with Gasteiger partial charge in [0.15, 0.2) is 0 Å². The topological polar surface area (TPSA) is 64.3 Å². The third kappa shape index (κ3) is 3.28. The molecule has 0 spiro atoms. The quantitative estimate of drug-likeness (QED) is 0.644. The molecule has 1 aliphatic heterocycles. The average molecular weight is 195 g/mol. The van der Waals surface area contributed by atoms with Gasteiger partial charge in [0.1, 0.15) is 5.60 Å². The molecule has 0 aliphatic carbocycles. The second-order valence-electron chi connectivity index (χ2n) is 3.12. The molecule has 0 radical (unpaired) electrons. The van der Waals surface area contributed by atoms with Gasteiger partial charge in [0.05, 0.1) is 0 Å². The lowest BCUT2D eigenvalue weighted by Gasteiger charge is -2.32. The van der Waals surface area contributed by atoms with E-state index in [1.54, 1.807) is 0 Å². The molecule has 1 amide bonds. The first kappa shape index (κ1) is 11.5. The zero-order valence-electron chi connectivity index (χ0n) is 7.13. The molecule has 1 saturated heterocycles. The number of carbonyl (C=O) groups excluding carboxylic acids is 1. The van der Waals surface area contributed by atoms with Crippen molar-refractivity contribution in [2.45, 2.75) is 25.4 Å². The fourth-order valence-corrected chi connectivity index (χ4v) is 1.30. The fraction of sp³-hybridized carbons (Fsp3) is 0.857. The monoisotopic (exact) mass is 194 g/mol. The molecule has 1 heterocycles. The highest BCUT2D eigenvalue weighted by Gasteiger charge is 2.29. The van der Waals surface area contributed by atoms with Crippen LogP contribution in [0, 0.1) is 0 Å². The molecule has 1 aliphatic rings. The van der Waals surface area contributed by atoms with Crippen LogP contribution < -0.4 is 11.1 Å². The summed E-state index contributed by atoms with van der Waals surface area (Å²) in [6.07, 6.45) is 1.01. The van der Waals surface area contributed by atoms with Gasteiger partial charge in [0.2, 0.25) is 0 Å². The van der Waals surface area contributed by atoms with Crippen LogP contribution in [0.1, 0.15) is 19.8 Å². The fourth-order valence-electron chi connectivity index (χ4n) is 1.30. The van der Waals surface area contributed by atoms with Crippen molar-refractivity contribution in [2.75, 3.05) is 13.1 Å². The van der Waals surface area contributed by atoms with Gasteiger partial charge in [-0.05, 0) is 32.9 Å². The summed E-state index contributed by atoms with van der Waals surface area (Å²) in [6, 6.07) is 0. The second kappa shape index (κ2) is 4.52. The van der Waals surface area contributed by atoms with Gasteiger partial charge >= 0.3 is 6.09 Å². The number of hydrogen-bond acceptors (Lipinski definition) is 3. The van der Waals surface area contributed by atoms with Gasteiger partial charge in [-0.25, -0.2) is 4.79 Å². The predicted molar refractivity (Wildman–Crippen MR) is 48.4 cm³/mol. The maximum atomic E-state index is 10.5. The molecular weight excluding hydrogens is 180 g/mol. The Hall–Kier alpha value is -0.480. The number of ether oxygens (including phenoxy) is 1. The maximum Gasteiger partial charge on any atom is 0.405 e. The molecule has 1 fully saturated rings. The van der Waals surface area contributed by atoms with Crippen LogP contribution in [-0.2, 0) is 4.74 Å². The summed E-state index contributed by atoms with van der Waals surface area (Å²) in [7, 11) is 0. The summed E-state index contributed by atoms with van der Waals surface area (Å²) in [5.74, 6) is 0. The molecule has 3 N–H and O–H groups in total. The minimum absolute atomic E-state index is 0. The standard InChI is InChI=1S/C7H14N2O2.ClH/c1-7(11-6(8)10)2-4-9-5-3-7;/h9H,2-5H2,1H3,(H2,8,10);1H. The minimum atomic E-state index is -0.672. The Morgan fingerprint density at radius 2 is 2.00 bits per heavy atom. The van der Waals surface area contributed by atoms with Crippen molar-refractivity contribution in [1.29, 1.82) is 0 Å². The van der Waals surface area contributed by atoms with E-state index < -0.39 is 6.09 Å². The molecule has 0 aromatic carbocycles. The van der Waals surface area contributed by atoms with Crippen molar-refractivity contribution < 1.29 is 9.53 Å². The number of halogens is 1. The molecule has 0 aromatic rings. The van der Waals surface area contributed by atoms with E-state index in [2.05, 4.69) is 5.32 Å². The molecule has 12 heavy (non-hydrogen) atoms. The van der Waals surface area contributed by atoms with E-state index in [0.717, 1.165) is 25.9 Å². The Bertz CT molecular complexity index is 157. The van der Waals surface area contributed by atoms with Crippen LogP contribution >= 0.6 is 12.4 Å². The van der Waals surface area contributed by atoms with Crippen LogP contribution in [0.15, 0.2) is 0 Å². The second-order valence-corrected chi connectivity index (χ2v) is 3.12. The summed E-state index contributed by atoms with van der Waals surface area (Å²) >= 11 is 0. The number of primary amides is 1. The lowest BCUT2D eigenvalue weighted by atomic mass is 9.95. The normalized spacial score (nSPS) is 20.8. The first-order valence-corrected chi connectivity index (χ1v) is 3.82. The Balaban J connectivity index is 0.00000121. The van der Waals surface area contributed by atoms with Crippen LogP contribution in [0.3, 0.4) is 0 Å². The molecule has 72 valence electrons. The highest BCUT2D eigenvalue weighted by molar-refractivity contribution is 5.85. The van der Waals surface area contributed by atoms with Gasteiger partial charge < -0.3 is 15.8 Å². The lowest BCUT2D eigenvalue weighted by Crippen LogP contribution is -2.43. The highest BCUT2D eigenvalue weighted by Crippen LogP contribution is 2.21. The van der Waals surface area contributed by atoms with Gasteiger partial charge in [-0.1, -0.05) is 0 Å². The number of amides is 1. The number of nitrogens with two attached hydrogens (primary N) is 1. The van der Waals surface area contributed by atoms with Crippen molar-refractivity contribution in [2.24, 2.45) is 5.73 Å². The average Bonchev–Trinajstić information content (AvgIpc) is 1.85. The number of rotatable bonds is 1. The van der Waals surface area contributed by atoms with E-state index >= 15 is 0 Å². The smallest absolute Gasteiger partial charge is 0.405 e. The molecule has 0 unspecified atom stereocenters. The Kier molecular flexibility index (Phi) is 4.34. The van der Waals surface area contributed by atoms with E-state index in [9.17, 15) is 4.79 Å². The van der Waals surface area contributed by atoms with Crippen molar-refractivity contribution in [1.82, 2.24) is 5.32 Å². The molecule has 4 nitrogen and oxygen atoms in total. The van der Waals surface area contributed by atoms with Gasteiger partial charge in [-0.3, -0.25) is 0 Å². The van der Waals surface area contributed by atoms with Crippen molar-refractivity contribution in [3.05, 3.63) is 0 Å². The van der Waals surface area contributed by atoms with Crippen LogP contribution in [0.25, 0.3) is 0 Å². The summed E-state index contributed by atoms with van der Waals surface area (Å²) < 4.78 is 4.98. The van der Waals surface area contributed by atoms with Gasteiger partial charge in [-0.15, -0.1) is 12.4 Å². The van der Waals surface area contributed by atoms with E-state index in [1.807, 2.05) is 6.92 Å². The molecule has 0 aromatic heterocycles. The summed E-state index contributed by atoms with van der Waals surface area (Å²) in [5, 5.41) is 3.18. The zero-order chi connectivity index (χ0) is 8.32. The van der Waals surface area contributed by atoms with Gasteiger partial charge in [0, 0.05) is 0 Å². The number of carbonyl (C=O) groups is 1. The van der Waals surface area contributed by atoms with Gasteiger partial charge in [0.25, 0.3) is 0 Å². The largest absolute Gasteiger partial charge is 0.443 e. The summed E-state index contributed by atoms with van der Waals surface area (Å²) in [6.45, 7) is 3.70. The maximum absolute atomic E-state index is 10.5. The predicted octanol–water partition coefficient (Wildman–Crippen LogP) is 0.646. The first-order valence-electron chi connectivity index (χ1n) is 3.82. The Morgan fingerprint density at radius 3 is 2.42 bits per heavy atom. The van der Waals surface area contributed by atoms with E-state index in [0.29, 0.717) is 0 Å². The van der Waals surface area contributed by atoms with Crippen LogP contribution in [0.5, 0.6) is 0 Å². The number of nitrogens with one attached hydrogen (secondary N) is 1. The molecule has 5 heteroatoms. The van der Waals surface area contributed by atoms with Gasteiger partial charge in [-0.2, -0.15) is 0 Å². The van der Waals surface area contributed by atoms with Crippen LogP contribution in [0.2, 0.25) is 0 Å². The van der Waals surface area contributed by atoms with Crippen molar-refractivity contribution in [3.63, 3.8) is 0 Å². The molecule has 0 atom stereocenters. The van der Waals surface area contributed by atoms with E-state index in [4.69, 9.17) is 10.5 Å². The molecule has 0 saturated carbocycles. The SMILES string of the molecule is CC1(OC(N)=O)CCNCC1.Cl. The van der Waals surface area contributed by atoms with Crippen molar-refractivity contribution >= 4 is 18.5 Å². The zero-order valence-corrected chi connectivity index (χ0v) is 7.95. The lowest BCUT2D eigenvalue weighted by molar-refractivity contribution is 0.00821. The Labute approximate surface area is 78.2 Å². The Morgan fingerprint density at radius 1 is 1.50 bits per heavy atom. The third-order valence-electron chi connectivity index (χ3n) is 2.01. The van der Waals surface area contributed by atoms with E-state index in [-0.39, 0.29) is 18.0 Å². The summed E-state index contributed by atoms with van der Waals surface area (Å²) in [4.78, 5) is 10.5. The minimum Gasteiger partial charge on any atom is -0.443 e. The number of hydrogen-bond donors (Lipinski definition) is 2. The first-order chi connectivity index (χ1) is 5.12. The van der Waals surface area contributed by atoms with Crippen LogP contribution in [-0.4, -0.2) is 24.8 Å². The summed E-state index contributed by atoms with van der Waals surface area (Å²) in [5.41, 5.74) is 4.59. The third-order valence-corrected chi connectivity index (χ3v) is 2.01. The molecular formula is C7H15ClN2O2. The molecule has 0 bridgehead atoms. The molecule has 1 rings (SSSR count).